The van der Waals surface area contributed by atoms with Crippen LogP contribution in [0.2, 0.25) is 5.02 Å². The Kier molecular flexibility index (Phi) is 4.49. The second-order valence-electron chi connectivity index (χ2n) is 8.60. The largest absolute Gasteiger partial charge is 0.445 e. The van der Waals surface area contributed by atoms with Crippen molar-refractivity contribution in [1.82, 2.24) is 4.98 Å². The highest BCUT2D eigenvalue weighted by Crippen LogP contribution is 2.52. The summed E-state index contributed by atoms with van der Waals surface area (Å²) in [6, 6.07) is 15.6. The second-order valence-corrected chi connectivity index (χ2v) is 10.0. The molecule has 0 saturated heterocycles. The summed E-state index contributed by atoms with van der Waals surface area (Å²) in [6.45, 7) is 4.15. The van der Waals surface area contributed by atoms with E-state index in [4.69, 9.17) is 27.1 Å². The number of para-hydroxylation sites is 1. The van der Waals surface area contributed by atoms with Gasteiger partial charge in [-0.15, -0.1) is 11.3 Å². The molecule has 0 fully saturated rings. The lowest BCUT2D eigenvalue weighted by Gasteiger charge is -2.38. The molecule has 1 unspecified atom stereocenters. The third kappa shape index (κ3) is 3.13. The number of allylic oxidation sites excluding steroid dienone is 3. The van der Waals surface area contributed by atoms with Crippen molar-refractivity contribution in [2.75, 3.05) is 0 Å². The number of carbonyl (C=O) groups is 1. The van der Waals surface area contributed by atoms with E-state index in [1.165, 1.54) is 0 Å². The van der Waals surface area contributed by atoms with Gasteiger partial charge in [0.1, 0.15) is 10.8 Å². The molecule has 5 rings (SSSR count). The SMILES string of the molecule is CC1(C)CC(=O)C2=C(C1)OC(N)=C(c1nc3ccccc3s1)C2c1ccccc1Cl. The Hall–Kier alpha value is -2.63. The lowest BCUT2D eigenvalue weighted by molar-refractivity contribution is -0.118. The Morgan fingerprint density at radius 1 is 1.10 bits per heavy atom. The first-order valence-corrected chi connectivity index (χ1v) is 11.1. The first-order chi connectivity index (χ1) is 14.3. The number of ketones is 1. The molecule has 2 aliphatic rings. The summed E-state index contributed by atoms with van der Waals surface area (Å²) < 4.78 is 7.15. The van der Waals surface area contributed by atoms with Gasteiger partial charge in [-0.05, 0) is 29.2 Å². The molecule has 6 heteroatoms. The van der Waals surface area contributed by atoms with Gasteiger partial charge in [0.05, 0.1) is 21.7 Å². The summed E-state index contributed by atoms with van der Waals surface area (Å²) in [4.78, 5) is 18.1. The number of benzene rings is 2. The van der Waals surface area contributed by atoms with Crippen LogP contribution in [-0.2, 0) is 9.53 Å². The Labute approximate surface area is 184 Å². The van der Waals surface area contributed by atoms with Crippen LogP contribution in [0, 0.1) is 5.41 Å². The molecular weight excluding hydrogens is 416 g/mol. The van der Waals surface area contributed by atoms with E-state index in [2.05, 4.69) is 13.8 Å². The predicted octanol–water partition coefficient (Wildman–Crippen LogP) is 6.03. The molecule has 4 nitrogen and oxygen atoms in total. The van der Waals surface area contributed by atoms with Gasteiger partial charge in [0.25, 0.3) is 0 Å². The zero-order valence-electron chi connectivity index (χ0n) is 16.7. The fraction of sp³-hybridized carbons (Fsp3) is 0.250. The van der Waals surface area contributed by atoms with Crippen molar-refractivity contribution in [3.05, 3.63) is 81.3 Å². The summed E-state index contributed by atoms with van der Waals surface area (Å²) in [5.41, 5.74) is 9.43. The van der Waals surface area contributed by atoms with E-state index >= 15 is 0 Å². The fourth-order valence-electron chi connectivity index (χ4n) is 4.40. The van der Waals surface area contributed by atoms with E-state index in [0.29, 0.717) is 35.1 Å². The van der Waals surface area contributed by atoms with Crippen molar-refractivity contribution in [3.63, 3.8) is 0 Å². The molecule has 0 saturated carbocycles. The molecule has 152 valence electrons. The van der Waals surface area contributed by atoms with E-state index in [0.717, 1.165) is 26.4 Å². The van der Waals surface area contributed by atoms with Crippen molar-refractivity contribution < 1.29 is 9.53 Å². The molecule has 1 atom stereocenters. The molecule has 0 radical (unpaired) electrons. The quantitative estimate of drug-likeness (QED) is 0.532. The van der Waals surface area contributed by atoms with Crippen LogP contribution in [0.3, 0.4) is 0 Å². The van der Waals surface area contributed by atoms with Crippen LogP contribution in [0.15, 0.2) is 65.7 Å². The molecule has 0 amide bonds. The van der Waals surface area contributed by atoms with Gasteiger partial charge < -0.3 is 10.5 Å². The number of halogens is 1. The van der Waals surface area contributed by atoms with Gasteiger partial charge in [0.2, 0.25) is 0 Å². The predicted molar refractivity (Wildman–Crippen MR) is 121 cm³/mol. The Balaban J connectivity index is 1.75. The molecule has 2 heterocycles. The number of rotatable bonds is 2. The molecule has 2 aromatic carbocycles. The van der Waals surface area contributed by atoms with Crippen LogP contribution in [0.25, 0.3) is 15.8 Å². The minimum atomic E-state index is -0.397. The van der Waals surface area contributed by atoms with Crippen LogP contribution in [0.5, 0.6) is 0 Å². The summed E-state index contributed by atoms with van der Waals surface area (Å²) in [5, 5.41) is 1.35. The lowest BCUT2D eigenvalue weighted by atomic mass is 9.70. The summed E-state index contributed by atoms with van der Waals surface area (Å²) in [6.07, 6.45) is 1.12. The van der Waals surface area contributed by atoms with Gasteiger partial charge in [-0.3, -0.25) is 4.79 Å². The standard InChI is InChI=1S/C24H21ClN2O2S/c1-24(2)11-16(28)20-17(12-24)29-22(26)21(19(20)13-7-3-4-8-14(13)25)23-27-15-9-5-6-10-18(15)30-23/h3-10,19H,11-12,26H2,1-2H3. The maximum absolute atomic E-state index is 13.3. The van der Waals surface area contributed by atoms with Crippen molar-refractivity contribution in [1.29, 1.82) is 0 Å². The van der Waals surface area contributed by atoms with Gasteiger partial charge in [0.15, 0.2) is 11.7 Å². The third-order valence-electron chi connectivity index (χ3n) is 5.70. The zero-order chi connectivity index (χ0) is 21.0. The average molecular weight is 437 g/mol. The highest BCUT2D eigenvalue weighted by molar-refractivity contribution is 7.19. The number of Topliss-reactive ketones (excluding diaryl/α,β-unsaturated/α-hetero) is 1. The van der Waals surface area contributed by atoms with E-state index in [9.17, 15) is 4.79 Å². The number of aromatic nitrogens is 1. The first-order valence-electron chi connectivity index (χ1n) is 9.88. The monoisotopic (exact) mass is 436 g/mol. The van der Waals surface area contributed by atoms with Crippen molar-refractivity contribution in [2.24, 2.45) is 11.1 Å². The number of nitrogens with two attached hydrogens (primary N) is 1. The van der Waals surface area contributed by atoms with E-state index in [1.54, 1.807) is 11.3 Å². The number of hydrogen-bond acceptors (Lipinski definition) is 5. The highest BCUT2D eigenvalue weighted by atomic mass is 35.5. The minimum absolute atomic E-state index is 0.0808. The van der Waals surface area contributed by atoms with Crippen LogP contribution in [0.1, 0.15) is 43.2 Å². The smallest absolute Gasteiger partial charge is 0.197 e. The van der Waals surface area contributed by atoms with E-state index in [-0.39, 0.29) is 11.2 Å². The fourth-order valence-corrected chi connectivity index (χ4v) is 5.69. The molecule has 1 aliphatic carbocycles. The first kappa shape index (κ1) is 19.3. The van der Waals surface area contributed by atoms with Gasteiger partial charge in [-0.2, -0.15) is 0 Å². The lowest BCUT2D eigenvalue weighted by Crippen LogP contribution is -2.33. The van der Waals surface area contributed by atoms with Crippen LogP contribution < -0.4 is 5.73 Å². The molecule has 1 aliphatic heterocycles. The molecule has 3 aromatic rings. The van der Waals surface area contributed by atoms with E-state index in [1.807, 2.05) is 48.5 Å². The third-order valence-corrected chi connectivity index (χ3v) is 7.11. The van der Waals surface area contributed by atoms with Crippen LogP contribution in [0.4, 0.5) is 0 Å². The van der Waals surface area contributed by atoms with E-state index < -0.39 is 5.92 Å². The molecule has 0 bridgehead atoms. The molecular formula is C24H21ClN2O2S. The summed E-state index contributed by atoms with van der Waals surface area (Å²) >= 11 is 8.16. The number of thiazole rings is 1. The molecule has 30 heavy (non-hydrogen) atoms. The summed E-state index contributed by atoms with van der Waals surface area (Å²) in [5.74, 6) is 0.635. The topological polar surface area (TPSA) is 65.2 Å². The molecule has 1 aromatic heterocycles. The van der Waals surface area contributed by atoms with Crippen molar-refractivity contribution in [2.45, 2.75) is 32.6 Å². The Morgan fingerprint density at radius 2 is 1.83 bits per heavy atom. The van der Waals surface area contributed by atoms with Crippen LogP contribution >= 0.6 is 22.9 Å². The maximum atomic E-state index is 13.3. The average Bonchev–Trinajstić information content (AvgIpc) is 3.10. The molecule has 2 N–H and O–H groups in total. The zero-order valence-corrected chi connectivity index (χ0v) is 18.3. The Bertz CT molecular complexity index is 1220. The number of ether oxygens (including phenoxy) is 1. The second kappa shape index (κ2) is 6.96. The normalized spacial score (nSPS) is 21.0. The summed E-state index contributed by atoms with van der Waals surface area (Å²) in [7, 11) is 0. The van der Waals surface area contributed by atoms with Crippen LogP contribution in [-0.4, -0.2) is 10.8 Å². The van der Waals surface area contributed by atoms with Crippen molar-refractivity contribution >= 4 is 44.5 Å². The minimum Gasteiger partial charge on any atom is -0.445 e. The number of carbonyl (C=O) groups excluding carboxylic acids is 1. The van der Waals surface area contributed by atoms with Gasteiger partial charge in [-0.25, -0.2) is 4.98 Å². The molecule has 0 spiro atoms. The number of nitrogens with zero attached hydrogens (tertiary/aromatic N) is 1. The highest BCUT2D eigenvalue weighted by Gasteiger charge is 2.44. The van der Waals surface area contributed by atoms with Gasteiger partial charge in [-0.1, -0.05) is 55.8 Å². The Morgan fingerprint density at radius 3 is 2.60 bits per heavy atom. The number of hydrogen-bond donors (Lipinski definition) is 1. The number of fused-ring (bicyclic) bond motifs is 1. The van der Waals surface area contributed by atoms with Crippen molar-refractivity contribution in [3.8, 4) is 0 Å². The van der Waals surface area contributed by atoms with Gasteiger partial charge in [0, 0.05) is 23.4 Å². The maximum Gasteiger partial charge on any atom is 0.197 e. The van der Waals surface area contributed by atoms with Gasteiger partial charge >= 0.3 is 0 Å².